The van der Waals surface area contributed by atoms with Crippen LogP contribution >= 0.6 is 0 Å². The maximum Gasteiger partial charge on any atom is 0.246 e. The molecule has 8 nitrogen and oxygen atoms in total. The molecule has 2 rings (SSSR count). The van der Waals surface area contributed by atoms with E-state index in [0.717, 1.165) is 4.31 Å². The van der Waals surface area contributed by atoms with Gasteiger partial charge in [0.05, 0.1) is 12.2 Å². The van der Waals surface area contributed by atoms with Gasteiger partial charge in [-0.3, -0.25) is 10.1 Å². The van der Waals surface area contributed by atoms with E-state index in [4.69, 9.17) is 5.73 Å². The number of nitrogen functional groups attached to an aromatic ring is 1. The number of hydrogen-bond acceptors (Lipinski definition) is 6. The van der Waals surface area contributed by atoms with E-state index >= 15 is 0 Å². The molecule has 102 valence electrons. The Hall–Kier alpha value is -2.00. The highest BCUT2D eigenvalue weighted by Gasteiger charge is 2.24. The third-order valence-electron chi connectivity index (χ3n) is 2.51. The topological polar surface area (TPSA) is 118 Å². The lowest BCUT2D eigenvalue weighted by atomic mass is 10.4. The molecule has 0 bridgehead atoms. The molecule has 0 aliphatic heterocycles. The number of sulfonamides is 1. The summed E-state index contributed by atoms with van der Waals surface area (Å²) in [6.07, 6.45) is 2.66. The molecule has 0 saturated heterocycles. The molecule has 0 atom stereocenters. The van der Waals surface area contributed by atoms with Gasteiger partial charge < -0.3 is 5.73 Å². The SMILES string of the molecule is Cc1nc(CN(C)S(=O)(=O)c2cnccc2N)n[nH]1. The maximum absolute atomic E-state index is 12.3. The first kappa shape index (κ1) is 13.4. The van der Waals surface area contributed by atoms with Gasteiger partial charge >= 0.3 is 0 Å². The Bertz CT molecular complexity index is 681. The lowest BCUT2D eigenvalue weighted by Gasteiger charge is -2.16. The van der Waals surface area contributed by atoms with E-state index < -0.39 is 10.0 Å². The molecule has 0 spiro atoms. The molecule has 0 aromatic carbocycles. The Labute approximate surface area is 110 Å². The van der Waals surface area contributed by atoms with Crippen molar-refractivity contribution in [3.8, 4) is 0 Å². The standard InChI is InChI=1S/C10H14N6O2S/c1-7-13-10(15-14-7)6-16(2)19(17,18)9-5-12-4-3-8(9)11/h3-5H,6H2,1-2H3,(H2,11,12)(H,13,14,15). The molecular formula is C10H14N6O2S. The van der Waals surface area contributed by atoms with Gasteiger partial charge in [-0.25, -0.2) is 13.4 Å². The molecule has 2 aromatic heterocycles. The first-order chi connectivity index (χ1) is 8.91. The summed E-state index contributed by atoms with van der Waals surface area (Å²) in [5.41, 5.74) is 5.82. The molecule has 0 amide bonds. The number of H-pyrrole nitrogens is 1. The van der Waals surface area contributed by atoms with E-state index in [2.05, 4.69) is 20.2 Å². The summed E-state index contributed by atoms with van der Waals surface area (Å²) in [6, 6.07) is 1.44. The number of pyridine rings is 1. The third kappa shape index (κ3) is 2.71. The highest BCUT2D eigenvalue weighted by molar-refractivity contribution is 7.89. The Morgan fingerprint density at radius 1 is 1.47 bits per heavy atom. The summed E-state index contributed by atoms with van der Waals surface area (Å²) >= 11 is 0. The van der Waals surface area contributed by atoms with E-state index in [0.29, 0.717) is 11.6 Å². The number of aromatic nitrogens is 4. The van der Waals surface area contributed by atoms with Crippen LogP contribution in [-0.2, 0) is 16.6 Å². The van der Waals surface area contributed by atoms with Crippen LogP contribution in [0.1, 0.15) is 11.6 Å². The van der Waals surface area contributed by atoms with Crippen molar-refractivity contribution in [3.63, 3.8) is 0 Å². The van der Waals surface area contributed by atoms with Crippen molar-refractivity contribution in [2.45, 2.75) is 18.4 Å². The molecule has 0 aliphatic carbocycles. The predicted molar refractivity (Wildman–Crippen MR) is 68.4 cm³/mol. The van der Waals surface area contributed by atoms with Crippen molar-refractivity contribution in [2.24, 2.45) is 0 Å². The second-order valence-corrected chi connectivity index (χ2v) is 6.02. The molecule has 9 heteroatoms. The molecule has 2 heterocycles. The Balaban J connectivity index is 2.27. The fourth-order valence-electron chi connectivity index (χ4n) is 1.52. The minimum Gasteiger partial charge on any atom is -0.398 e. The highest BCUT2D eigenvalue weighted by atomic mass is 32.2. The minimum atomic E-state index is -3.71. The van der Waals surface area contributed by atoms with Crippen molar-refractivity contribution in [3.05, 3.63) is 30.1 Å². The van der Waals surface area contributed by atoms with Crippen molar-refractivity contribution in [1.29, 1.82) is 0 Å². The van der Waals surface area contributed by atoms with Gasteiger partial charge in [-0.2, -0.15) is 9.40 Å². The number of nitrogens with one attached hydrogen (secondary N) is 1. The van der Waals surface area contributed by atoms with Crippen molar-refractivity contribution in [2.75, 3.05) is 12.8 Å². The first-order valence-corrected chi connectivity index (χ1v) is 6.89. The van der Waals surface area contributed by atoms with E-state index in [1.807, 2.05) is 0 Å². The minimum absolute atomic E-state index is 0.0234. The lowest BCUT2D eigenvalue weighted by molar-refractivity contribution is 0.457. The van der Waals surface area contributed by atoms with E-state index in [9.17, 15) is 8.42 Å². The number of nitrogens with zero attached hydrogens (tertiary/aromatic N) is 4. The van der Waals surface area contributed by atoms with Crippen LogP contribution in [-0.4, -0.2) is 39.9 Å². The summed E-state index contributed by atoms with van der Waals surface area (Å²) in [6.45, 7) is 1.80. The molecular weight excluding hydrogens is 268 g/mol. The Kier molecular flexibility index (Phi) is 3.49. The summed E-state index contributed by atoms with van der Waals surface area (Å²) in [4.78, 5) is 7.82. The van der Waals surface area contributed by atoms with Crippen LogP contribution in [0.4, 0.5) is 5.69 Å². The zero-order valence-corrected chi connectivity index (χ0v) is 11.3. The van der Waals surface area contributed by atoms with Crippen LogP contribution in [0, 0.1) is 6.92 Å². The molecule has 0 aliphatic rings. The van der Waals surface area contributed by atoms with E-state index in [-0.39, 0.29) is 17.1 Å². The van der Waals surface area contributed by atoms with Gasteiger partial charge in [-0.05, 0) is 13.0 Å². The largest absolute Gasteiger partial charge is 0.398 e. The number of aryl methyl sites for hydroxylation is 1. The average Bonchev–Trinajstić information content (AvgIpc) is 2.75. The normalized spacial score (nSPS) is 11.9. The number of rotatable bonds is 4. The zero-order valence-electron chi connectivity index (χ0n) is 10.5. The van der Waals surface area contributed by atoms with E-state index in [1.54, 1.807) is 6.92 Å². The summed E-state index contributed by atoms with van der Waals surface area (Å²) in [5.74, 6) is 1.02. The van der Waals surface area contributed by atoms with Gasteiger partial charge in [-0.15, -0.1) is 0 Å². The van der Waals surface area contributed by atoms with Gasteiger partial charge in [0, 0.05) is 19.4 Å². The molecule has 0 radical (unpaired) electrons. The second-order valence-electron chi connectivity index (χ2n) is 4.01. The number of hydrogen-bond donors (Lipinski definition) is 2. The lowest BCUT2D eigenvalue weighted by Crippen LogP contribution is -2.27. The van der Waals surface area contributed by atoms with Crippen LogP contribution in [0.25, 0.3) is 0 Å². The molecule has 0 saturated carbocycles. The smallest absolute Gasteiger partial charge is 0.246 e. The van der Waals surface area contributed by atoms with Crippen LogP contribution in [0.2, 0.25) is 0 Å². The number of aromatic amines is 1. The Morgan fingerprint density at radius 3 is 2.79 bits per heavy atom. The van der Waals surface area contributed by atoms with Gasteiger partial charge in [0.25, 0.3) is 0 Å². The summed E-state index contributed by atoms with van der Waals surface area (Å²) < 4.78 is 25.7. The van der Waals surface area contributed by atoms with E-state index in [1.165, 1.54) is 25.5 Å². The molecule has 0 fully saturated rings. The van der Waals surface area contributed by atoms with Crippen molar-refractivity contribution >= 4 is 15.7 Å². The summed E-state index contributed by atoms with van der Waals surface area (Å²) in [5, 5.41) is 6.55. The monoisotopic (exact) mass is 282 g/mol. The average molecular weight is 282 g/mol. The number of nitrogens with two attached hydrogens (primary N) is 1. The second kappa shape index (κ2) is 4.94. The first-order valence-electron chi connectivity index (χ1n) is 5.45. The molecule has 3 N–H and O–H groups in total. The fourth-order valence-corrected chi connectivity index (χ4v) is 2.70. The molecule has 19 heavy (non-hydrogen) atoms. The van der Waals surface area contributed by atoms with Crippen LogP contribution in [0.5, 0.6) is 0 Å². The number of anilines is 1. The van der Waals surface area contributed by atoms with Crippen molar-refractivity contribution in [1.82, 2.24) is 24.5 Å². The van der Waals surface area contributed by atoms with Gasteiger partial charge in [-0.1, -0.05) is 0 Å². The maximum atomic E-state index is 12.3. The quantitative estimate of drug-likeness (QED) is 0.809. The Morgan fingerprint density at radius 2 is 2.21 bits per heavy atom. The molecule has 0 unspecified atom stereocenters. The fraction of sp³-hybridized carbons (Fsp3) is 0.300. The van der Waals surface area contributed by atoms with Crippen LogP contribution < -0.4 is 5.73 Å². The van der Waals surface area contributed by atoms with Crippen molar-refractivity contribution < 1.29 is 8.42 Å². The summed E-state index contributed by atoms with van der Waals surface area (Å²) in [7, 11) is -2.27. The van der Waals surface area contributed by atoms with Gasteiger partial charge in [0.15, 0.2) is 5.82 Å². The third-order valence-corrected chi connectivity index (χ3v) is 4.36. The van der Waals surface area contributed by atoms with Gasteiger partial charge in [0.2, 0.25) is 10.0 Å². The zero-order chi connectivity index (χ0) is 14.0. The predicted octanol–water partition coefficient (Wildman–Crippen LogP) is -0.0890. The van der Waals surface area contributed by atoms with Crippen LogP contribution in [0.15, 0.2) is 23.4 Å². The molecule has 2 aromatic rings. The van der Waals surface area contributed by atoms with Gasteiger partial charge in [0.1, 0.15) is 10.7 Å². The highest BCUT2D eigenvalue weighted by Crippen LogP contribution is 2.20. The van der Waals surface area contributed by atoms with Crippen LogP contribution in [0.3, 0.4) is 0 Å².